The number of imidazole rings is 1. The number of aromatic nitrogens is 2. The molecule has 0 radical (unpaired) electrons. The molecule has 20 heavy (non-hydrogen) atoms. The molecule has 0 bridgehead atoms. The molecule has 2 rings (SSSR count). The summed E-state index contributed by atoms with van der Waals surface area (Å²) in [5, 5.41) is 14.8. The fourth-order valence-corrected chi connectivity index (χ4v) is 1.69. The Hall–Kier alpha value is -2.63. The molecule has 0 fully saturated rings. The van der Waals surface area contributed by atoms with Gasteiger partial charge in [0.1, 0.15) is 18.9 Å². The molecule has 0 unspecified atom stereocenters. The summed E-state index contributed by atoms with van der Waals surface area (Å²) < 4.78 is 4.35. The van der Waals surface area contributed by atoms with Crippen LogP contribution < -0.4 is 4.57 Å². The molecule has 0 atom stereocenters. The van der Waals surface area contributed by atoms with Gasteiger partial charge in [0.05, 0.1) is 11.6 Å². The highest BCUT2D eigenvalue weighted by Crippen LogP contribution is 2.04. The Labute approximate surface area is 117 Å². The van der Waals surface area contributed by atoms with Gasteiger partial charge in [0, 0.05) is 0 Å². The molecule has 1 aromatic heterocycles. The summed E-state index contributed by atoms with van der Waals surface area (Å²) in [7, 11) is 0. The molecular weight excluding hydrogens is 258 g/mol. The van der Waals surface area contributed by atoms with Gasteiger partial charge in [0.25, 0.3) is 0 Å². The molecule has 0 aliphatic rings. The SMILES string of the molecule is C=Cc1ccc(C[n+]2ccn(CC)c2)cc1.O=[N+]([O-])[O-]. The lowest BCUT2D eigenvalue weighted by atomic mass is 10.1. The molecule has 0 amide bonds. The van der Waals surface area contributed by atoms with Gasteiger partial charge in [0.15, 0.2) is 0 Å². The number of rotatable bonds is 4. The highest BCUT2D eigenvalue weighted by Gasteiger charge is 2.02. The van der Waals surface area contributed by atoms with Crippen LogP contribution in [-0.4, -0.2) is 9.65 Å². The van der Waals surface area contributed by atoms with Gasteiger partial charge in [-0.3, -0.25) is 0 Å². The van der Waals surface area contributed by atoms with Crippen LogP contribution in [0.2, 0.25) is 0 Å². The number of hydrogen-bond acceptors (Lipinski definition) is 3. The summed E-state index contributed by atoms with van der Waals surface area (Å²) in [5.74, 6) is 0. The lowest BCUT2D eigenvalue weighted by Gasteiger charge is -1.98. The first-order valence-corrected chi connectivity index (χ1v) is 6.13. The second-order valence-corrected chi connectivity index (χ2v) is 4.09. The third kappa shape index (κ3) is 5.34. The van der Waals surface area contributed by atoms with E-state index < -0.39 is 5.09 Å². The maximum atomic E-state index is 8.25. The summed E-state index contributed by atoms with van der Waals surface area (Å²) in [4.78, 5) is 8.25. The van der Waals surface area contributed by atoms with Gasteiger partial charge >= 0.3 is 0 Å². The highest BCUT2D eigenvalue weighted by molar-refractivity contribution is 5.47. The number of aryl methyl sites for hydroxylation is 1. The molecule has 0 saturated heterocycles. The minimum Gasteiger partial charge on any atom is -0.356 e. The number of hydrogen-bond donors (Lipinski definition) is 0. The first kappa shape index (κ1) is 15.4. The molecule has 0 spiro atoms. The van der Waals surface area contributed by atoms with Crippen LogP contribution in [0.4, 0.5) is 0 Å². The Morgan fingerprint density at radius 2 is 1.95 bits per heavy atom. The Morgan fingerprint density at radius 3 is 2.40 bits per heavy atom. The van der Waals surface area contributed by atoms with E-state index in [1.54, 1.807) is 0 Å². The molecule has 0 aliphatic heterocycles. The van der Waals surface area contributed by atoms with Crippen LogP contribution in [0.3, 0.4) is 0 Å². The number of nitrogens with zero attached hydrogens (tertiary/aromatic N) is 3. The van der Waals surface area contributed by atoms with Gasteiger partial charge < -0.3 is 15.3 Å². The van der Waals surface area contributed by atoms with Gasteiger partial charge in [-0.2, -0.15) is 0 Å². The van der Waals surface area contributed by atoms with Gasteiger partial charge in [-0.25, -0.2) is 9.13 Å². The van der Waals surface area contributed by atoms with Gasteiger partial charge in [-0.05, 0) is 18.1 Å². The average molecular weight is 275 g/mol. The predicted octanol–water partition coefficient (Wildman–Crippen LogP) is 2.25. The minimum atomic E-state index is -1.75. The summed E-state index contributed by atoms with van der Waals surface area (Å²) in [6.45, 7) is 7.83. The molecule has 1 aromatic carbocycles. The van der Waals surface area contributed by atoms with Crippen molar-refractivity contribution >= 4 is 6.08 Å². The second kappa shape index (κ2) is 7.73. The third-order valence-electron chi connectivity index (χ3n) is 2.69. The predicted molar refractivity (Wildman–Crippen MR) is 76.3 cm³/mol. The zero-order valence-electron chi connectivity index (χ0n) is 11.3. The van der Waals surface area contributed by atoms with Crippen molar-refractivity contribution in [3.63, 3.8) is 0 Å². The van der Waals surface area contributed by atoms with Crippen molar-refractivity contribution in [3.05, 3.63) is 76.0 Å². The molecule has 6 nitrogen and oxygen atoms in total. The van der Waals surface area contributed by atoms with Crippen molar-refractivity contribution in [2.45, 2.75) is 20.0 Å². The number of benzene rings is 1. The standard InChI is InChI=1S/C14H17N2.NO3/c1-3-13-5-7-14(8-6-13)11-16-10-9-15(4-2)12-16;2-1(3)4/h3,5-10,12H,1,4,11H2,2H3;/q+1;-1. The van der Waals surface area contributed by atoms with Gasteiger partial charge in [-0.1, -0.05) is 36.9 Å². The first-order chi connectivity index (χ1) is 9.55. The van der Waals surface area contributed by atoms with E-state index in [0.29, 0.717) is 0 Å². The summed E-state index contributed by atoms with van der Waals surface area (Å²) in [6.07, 6.45) is 8.19. The van der Waals surface area contributed by atoms with Crippen molar-refractivity contribution < 1.29 is 9.65 Å². The minimum absolute atomic E-state index is 0.921. The van der Waals surface area contributed by atoms with Crippen molar-refractivity contribution in [2.75, 3.05) is 0 Å². The Balaban J connectivity index is 0.000000444. The molecule has 0 saturated carbocycles. The van der Waals surface area contributed by atoms with Gasteiger partial charge in [0.2, 0.25) is 6.33 Å². The van der Waals surface area contributed by atoms with E-state index in [-0.39, 0.29) is 0 Å². The van der Waals surface area contributed by atoms with Crippen LogP contribution in [0, 0.1) is 15.3 Å². The van der Waals surface area contributed by atoms with Crippen LogP contribution in [0.15, 0.2) is 49.6 Å². The first-order valence-electron chi connectivity index (χ1n) is 6.13. The van der Waals surface area contributed by atoms with E-state index in [1.807, 2.05) is 6.08 Å². The average Bonchev–Trinajstić information content (AvgIpc) is 2.87. The van der Waals surface area contributed by atoms with E-state index >= 15 is 0 Å². The van der Waals surface area contributed by atoms with Crippen LogP contribution in [0.25, 0.3) is 6.08 Å². The lowest BCUT2D eigenvalue weighted by molar-refractivity contribution is -0.687. The zero-order valence-corrected chi connectivity index (χ0v) is 11.3. The van der Waals surface area contributed by atoms with Crippen molar-refractivity contribution in [3.8, 4) is 0 Å². The molecule has 0 N–H and O–H groups in total. The van der Waals surface area contributed by atoms with Crippen LogP contribution >= 0.6 is 0 Å². The molecule has 1 heterocycles. The largest absolute Gasteiger partial charge is 0.356 e. The maximum absolute atomic E-state index is 8.25. The smallest absolute Gasteiger partial charge is 0.244 e. The Kier molecular flexibility index (Phi) is 5.96. The van der Waals surface area contributed by atoms with Crippen LogP contribution in [-0.2, 0) is 13.1 Å². The zero-order chi connectivity index (χ0) is 15.0. The van der Waals surface area contributed by atoms with Crippen molar-refractivity contribution in [1.29, 1.82) is 0 Å². The monoisotopic (exact) mass is 275 g/mol. The normalized spacial score (nSPS) is 9.45. The van der Waals surface area contributed by atoms with Crippen molar-refractivity contribution in [1.82, 2.24) is 4.57 Å². The van der Waals surface area contributed by atoms with E-state index in [9.17, 15) is 0 Å². The Bertz CT molecular complexity index is 557. The molecular formula is C14H17N3O3. The molecule has 106 valence electrons. The van der Waals surface area contributed by atoms with E-state index in [4.69, 9.17) is 15.3 Å². The van der Waals surface area contributed by atoms with Gasteiger partial charge in [-0.15, -0.1) is 0 Å². The lowest BCUT2D eigenvalue weighted by Crippen LogP contribution is -2.31. The fourth-order valence-electron chi connectivity index (χ4n) is 1.69. The van der Waals surface area contributed by atoms with Crippen LogP contribution in [0.1, 0.15) is 18.1 Å². The second-order valence-electron chi connectivity index (χ2n) is 4.09. The van der Waals surface area contributed by atoms with Crippen molar-refractivity contribution in [2.24, 2.45) is 0 Å². The van der Waals surface area contributed by atoms with E-state index in [0.717, 1.165) is 13.1 Å². The summed E-state index contributed by atoms with van der Waals surface area (Å²) in [6, 6.07) is 8.49. The van der Waals surface area contributed by atoms with E-state index in [1.165, 1.54) is 11.1 Å². The summed E-state index contributed by atoms with van der Waals surface area (Å²) >= 11 is 0. The molecule has 2 aromatic rings. The Morgan fingerprint density at radius 1 is 1.35 bits per heavy atom. The maximum Gasteiger partial charge on any atom is 0.244 e. The topological polar surface area (TPSA) is 75.0 Å². The summed E-state index contributed by atoms with van der Waals surface area (Å²) in [5.41, 5.74) is 2.48. The fraction of sp³-hybridized carbons (Fsp3) is 0.214. The molecule has 6 heteroatoms. The molecule has 0 aliphatic carbocycles. The van der Waals surface area contributed by atoms with E-state index in [2.05, 4.69) is 65.6 Å². The third-order valence-corrected chi connectivity index (χ3v) is 2.69. The quantitative estimate of drug-likeness (QED) is 0.488. The van der Waals surface area contributed by atoms with Crippen LogP contribution in [0.5, 0.6) is 0 Å². The highest BCUT2D eigenvalue weighted by atomic mass is 16.9.